The molecule has 0 amide bonds. The first-order valence-corrected chi connectivity index (χ1v) is 7.82. The van der Waals surface area contributed by atoms with Crippen molar-refractivity contribution in [3.63, 3.8) is 0 Å². The molecular weight excluding hydrogens is 270 g/mol. The zero-order valence-electron chi connectivity index (χ0n) is 13.0. The Hall–Kier alpha value is -2.06. The molecule has 22 heavy (non-hydrogen) atoms. The van der Waals surface area contributed by atoms with E-state index in [4.69, 9.17) is 4.74 Å². The highest BCUT2D eigenvalue weighted by Crippen LogP contribution is 2.30. The zero-order chi connectivity index (χ0) is 15.3. The maximum Gasteiger partial charge on any atom is 0.0895 e. The van der Waals surface area contributed by atoms with Gasteiger partial charge in [-0.2, -0.15) is 0 Å². The molecule has 0 saturated carbocycles. The minimum absolute atomic E-state index is 0.146. The molecule has 0 N–H and O–H groups in total. The van der Waals surface area contributed by atoms with Crippen LogP contribution < -0.4 is 4.90 Å². The molecule has 0 aliphatic carbocycles. The number of ether oxygens (including phenoxy) is 1. The van der Waals surface area contributed by atoms with Crippen LogP contribution in [0.4, 0.5) is 5.69 Å². The fraction of sp³-hybridized carbons (Fsp3) is 0.300. The van der Waals surface area contributed by atoms with Crippen LogP contribution in [0.3, 0.4) is 0 Å². The molecule has 1 heterocycles. The summed E-state index contributed by atoms with van der Waals surface area (Å²) in [6.45, 7) is 2.02. The van der Waals surface area contributed by atoms with Crippen LogP contribution in [-0.4, -0.2) is 25.8 Å². The Balaban J connectivity index is 1.68. The van der Waals surface area contributed by atoms with Gasteiger partial charge < -0.3 is 9.64 Å². The molecule has 2 aromatic carbocycles. The van der Waals surface area contributed by atoms with Crippen LogP contribution >= 0.6 is 0 Å². The highest BCUT2D eigenvalue weighted by atomic mass is 16.5. The third-order valence-corrected chi connectivity index (χ3v) is 4.46. The normalized spacial score (nSPS) is 17.8. The Morgan fingerprint density at radius 1 is 1.05 bits per heavy atom. The fourth-order valence-electron chi connectivity index (χ4n) is 2.98. The summed E-state index contributed by atoms with van der Waals surface area (Å²) in [6.07, 6.45) is 6.42. The largest absolute Gasteiger partial charge is 0.374 e. The van der Waals surface area contributed by atoms with Gasteiger partial charge in [-0.25, -0.2) is 0 Å². The summed E-state index contributed by atoms with van der Waals surface area (Å²) in [5.41, 5.74) is 2.35. The molecule has 0 unspecified atom stereocenters. The second kappa shape index (κ2) is 6.80. The third-order valence-electron chi connectivity index (χ3n) is 4.46. The quantitative estimate of drug-likeness (QED) is 0.838. The highest BCUT2D eigenvalue weighted by molar-refractivity contribution is 5.51. The molecule has 0 atom stereocenters. The molecule has 3 rings (SSSR count). The summed E-state index contributed by atoms with van der Waals surface area (Å²) in [6, 6.07) is 21.7. The number of hydrogen-bond acceptors (Lipinski definition) is 2. The van der Waals surface area contributed by atoms with Gasteiger partial charge in [0.2, 0.25) is 0 Å². The number of piperidine rings is 1. The first kappa shape index (κ1) is 14.9. The topological polar surface area (TPSA) is 12.5 Å². The number of methoxy groups -OCH3 is 1. The molecule has 1 saturated heterocycles. The summed E-state index contributed by atoms with van der Waals surface area (Å²) < 4.78 is 5.87. The van der Waals surface area contributed by atoms with Crippen LogP contribution in [0.1, 0.15) is 18.4 Å². The van der Waals surface area contributed by atoms with E-state index in [1.165, 1.54) is 11.3 Å². The van der Waals surface area contributed by atoms with Gasteiger partial charge in [-0.1, -0.05) is 54.6 Å². The Morgan fingerprint density at radius 2 is 1.73 bits per heavy atom. The molecule has 0 spiro atoms. The van der Waals surface area contributed by atoms with Gasteiger partial charge in [0.05, 0.1) is 5.60 Å². The van der Waals surface area contributed by atoms with Crippen molar-refractivity contribution in [2.45, 2.75) is 18.4 Å². The second-order valence-electron chi connectivity index (χ2n) is 5.76. The van der Waals surface area contributed by atoms with Crippen LogP contribution in [0.5, 0.6) is 0 Å². The molecule has 113 valence electrons. The van der Waals surface area contributed by atoms with E-state index in [9.17, 15) is 0 Å². The van der Waals surface area contributed by atoms with Crippen molar-refractivity contribution in [1.29, 1.82) is 0 Å². The first-order valence-electron chi connectivity index (χ1n) is 7.82. The van der Waals surface area contributed by atoms with E-state index >= 15 is 0 Å². The van der Waals surface area contributed by atoms with E-state index in [1.807, 2.05) is 25.3 Å². The van der Waals surface area contributed by atoms with Crippen LogP contribution in [0, 0.1) is 6.07 Å². The third kappa shape index (κ3) is 3.40. The molecule has 2 heteroatoms. The first-order chi connectivity index (χ1) is 10.8. The van der Waals surface area contributed by atoms with Gasteiger partial charge in [0, 0.05) is 25.9 Å². The summed E-state index contributed by atoms with van der Waals surface area (Å²) in [5, 5.41) is 0. The molecule has 1 fully saturated rings. The predicted molar refractivity (Wildman–Crippen MR) is 91.9 cm³/mol. The van der Waals surface area contributed by atoms with Gasteiger partial charge in [-0.05, 0) is 36.6 Å². The van der Waals surface area contributed by atoms with Gasteiger partial charge >= 0.3 is 0 Å². The van der Waals surface area contributed by atoms with Crippen molar-refractivity contribution >= 4 is 11.8 Å². The van der Waals surface area contributed by atoms with Crippen molar-refractivity contribution in [3.8, 4) is 0 Å². The number of nitrogens with zero attached hydrogens (tertiary/aromatic N) is 1. The van der Waals surface area contributed by atoms with E-state index in [-0.39, 0.29) is 5.60 Å². The van der Waals surface area contributed by atoms with Gasteiger partial charge in [0.25, 0.3) is 0 Å². The van der Waals surface area contributed by atoms with E-state index in [0.29, 0.717) is 0 Å². The number of rotatable bonds is 4. The average Bonchev–Trinajstić information content (AvgIpc) is 2.62. The summed E-state index contributed by atoms with van der Waals surface area (Å²) in [4.78, 5) is 2.42. The smallest absolute Gasteiger partial charge is 0.0895 e. The van der Waals surface area contributed by atoms with Crippen molar-refractivity contribution in [2.75, 3.05) is 25.1 Å². The van der Waals surface area contributed by atoms with E-state index in [1.54, 1.807) is 0 Å². The molecule has 0 aromatic heterocycles. The van der Waals surface area contributed by atoms with Crippen molar-refractivity contribution in [2.24, 2.45) is 0 Å². The molecule has 0 bridgehead atoms. The lowest BCUT2D eigenvalue weighted by atomic mass is 9.89. The molecule has 1 aliphatic heterocycles. The molecule has 1 aliphatic rings. The van der Waals surface area contributed by atoms with Crippen LogP contribution in [0.25, 0.3) is 6.08 Å². The fourth-order valence-corrected chi connectivity index (χ4v) is 2.98. The number of anilines is 1. The SMILES string of the molecule is COC1(C=Cc2ccccc2)CCN(c2cc[c]cc2)CC1. The van der Waals surface area contributed by atoms with Crippen LogP contribution in [0.2, 0.25) is 0 Å². The summed E-state index contributed by atoms with van der Waals surface area (Å²) in [5.74, 6) is 0. The molecular formula is C20H22NO. The predicted octanol–water partition coefficient (Wildman–Crippen LogP) is 4.19. The van der Waals surface area contributed by atoms with Crippen molar-refractivity contribution in [3.05, 3.63) is 72.3 Å². The Labute approximate surface area is 133 Å². The molecule has 2 nitrogen and oxygen atoms in total. The minimum atomic E-state index is -0.146. The standard InChI is InChI=1S/C20H22NO/c1-22-20(13-12-18-8-4-2-5-9-18)14-16-21(17-15-20)19-10-6-3-7-11-19/h2,4-13H,14-17H2,1H3. The summed E-state index contributed by atoms with van der Waals surface area (Å²) in [7, 11) is 1.82. The van der Waals surface area contributed by atoms with Gasteiger partial charge in [0.15, 0.2) is 0 Å². The Bertz CT molecular complexity index is 598. The lowest BCUT2D eigenvalue weighted by Gasteiger charge is -2.40. The second-order valence-corrected chi connectivity index (χ2v) is 5.76. The van der Waals surface area contributed by atoms with Gasteiger partial charge in [0.1, 0.15) is 0 Å². The molecule has 1 radical (unpaired) electrons. The van der Waals surface area contributed by atoms with Gasteiger partial charge in [-0.15, -0.1) is 0 Å². The lowest BCUT2D eigenvalue weighted by molar-refractivity contribution is 0.0130. The summed E-state index contributed by atoms with van der Waals surface area (Å²) >= 11 is 0. The lowest BCUT2D eigenvalue weighted by Crippen LogP contribution is -2.44. The monoisotopic (exact) mass is 292 g/mol. The highest BCUT2D eigenvalue weighted by Gasteiger charge is 2.32. The van der Waals surface area contributed by atoms with Crippen molar-refractivity contribution in [1.82, 2.24) is 0 Å². The maximum atomic E-state index is 5.87. The number of benzene rings is 2. The van der Waals surface area contributed by atoms with E-state index in [0.717, 1.165) is 25.9 Å². The van der Waals surface area contributed by atoms with Crippen molar-refractivity contribution < 1.29 is 4.74 Å². The number of hydrogen-bond donors (Lipinski definition) is 0. The Kier molecular flexibility index (Phi) is 4.59. The van der Waals surface area contributed by atoms with Crippen LogP contribution in [-0.2, 0) is 4.74 Å². The van der Waals surface area contributed by atoms with Gasteiger partial charge in [-0.3, -0.25) is 0 Å². The van der Waals surface area contributed by atoms with E-state index < -0.39 is 0 Å². The molecule has 2 aromatic rings. The van der Waals surface area contributed by atoms with E-state index in [2.05, 4.69) is 59.5 Å². The van der Waals surface area contributed by atoms with Crippen LogP contribution in [0.15, 0.2) is 60.7 Å². The zero-order valence-corrected chi connectivity index (χ0v) is 13.0. The maximum absolute atomic E-state index is 5.87. The minimum Gasteiger partial charge on any atom is -0.374 e. The average molecular weight is 292 g/mol. The Morgan fingerprint density at radius 3 is 2.36 bits per heavy atom.